The molecule has 0 aromatic heterocycles. The van der Waals surface area contributed by atoms with Gasteiger partial charge in [0.15, 0.2) is 0 Å². The summed E-state index contributed by atoms with van der Waals surface area (Å²) >= 11 is 0. The summed E-state index contributed by atoms with van der Waals surface area (Å²) in [7, 11) is 0. The normalized spacial score (nSPS) is 25.1. The molecule has 14 heavy (non-hydrogen) atoms. The Labute approximate surface area is 82.1 Å². The van der Waals surface area contributed by atoms with Crippen molar-refractivity contribution in [2.75, 3.05) is 13.1 Å². The van der Waals surface area contributed by atoms with Gasteiger partial charge in [-0.2, -0.15) is 13.2 Å². The molecular formula is C10H16F3N. The third-order valence-corrected chi connectivity index (χ3v) is 3.40. The fourth-order valence-corrected chi connectivity index (χ4v) is 2.15. The second-order valence-electron chi connectivity index (χ2n) is 4.68. The summed E-state index contributed by atoms with van der Waals surface area (Å²) in [5, 5.41) is 2.95. The van der Waals surface area contributed by atoms with Crippen LogP contribution < -0.4 is 5.32 Å². The second kappa shape index (κ2) is 3.40. The number of rotatable bonds is 5. The summed E-state index contributed by atoms with van der Waals surface area (Å²) in [5.41, 5.74) is 0.408. The summed E-state index contributed by atoms with van der Waals surface area (Å²) in [6.45, 7) is 0.881. The molecular weight excluding hydrogens is 191 g/mol. The van der Waals surface area contributed by atoms with Crippen LogP contribution in [0.5, 0.6) is 0 Å². The van der Waals surface area contributed by atoms with Crippen LogP contribution in [0.3, 0.4) is 0 Å². The molecule has 2 aliphatic carbocycles. The maximum atomic E-state index is 11.8. The first kappa shape index (κ1) is 10.3. The third-order valence-electron chi connectivity index (χ3n) is 3.40. The second-order valence-corrected chi connectivity index (χ2v) is 4.68. The van der Waals surface area contributed by atoms with Crippen molar-refractivity contribution in [1.29, 1.82) is 0 Å². The first-order chi connectivity index (χ1) is 6.52. The van der Waals surface area contributed by atoms with Crippen LogP contribution in [0.1, 0.15) is 32.1 Å². The van der Waals surface area contributed by atoms with Gasteiger partial charge in [0.25, 0.3) is 0 Å². The molecule has 2 rings (SSSR count). The summed E-state index contributed by atoms with van der Waals surface area (Å²) in [6.07, 6.45) is 0.312. The Bertz CT molecular complexity index is 204. The van der Waals surface area contributed by atoms with E-state index in [-0.39, 0.29) is 6.54 Å². The van der Waals surface area contributed by atoms with E-state index >= 15 is 0 Å². The van der Waals surface area contributed by atoms with Crippen LogP contribution in [0.2, 0.25) is 0 Å². The van der Waals surface area contributed by atoms with Gasteiger partial charge in [-0.1, -0.05) is 0 Å². The molecule has 0 spiro atoms. The number of hydrogen-bond donors (Lipinski definition) is 1. The van der Waals surface area contributed by atoms with E-state index in [0.717, 1.165) is 12.5 Å². The van der Waals surface area contributed by atoms with Gasteiger partial charge in [0.2, 0.25) is 0 Å². The van der Waals surface area contributed by atoms with E-state index < -0.39 is 12.6 Å². The maximum Gasteiger partial charge on any atom is 0.390 e. The molecule has 1 nitrogen and oxygen atoms in total. The monoisotopic (exact) mass is 207 g/mol. The lowest BCUT2D eigenvalue weighted by molar-refractivity contribution is -0.133. The van der Waals surface area contributed by atoms with Gasteiger partial charge in [0.1, 0.15) is 0 Å². The molecule has 2 saturated carbocycles. The van der Waals surface area contributed by atoms with Crippen molar-refractivity contribution in [1.82, 2.24) is 5.32 Å². The molecule has 0 radical (unpaired) electrons. The van der Waals surface area contributed by atoms with Crippen LogP contribution >= 0.6 is 0 Å². The molecule has 82 valence electrons. The Morgan fingerprint density at radius 3 is 2.29 bits per heavy atom. The first-order valence-corrected chi connectivity index (χ1v) is 5.29. The summed E-state index contributed by atoms with van der Waals surface area (Å²) in [6, 6.07) is 0. The average molecular weight is 207 g/mol. The van der Waals surface area contributed by atoms with E-state index in [1.54, 1.807) is 0 Å². The molecule has 0 aromatic carbocycles. The quantitative estimate of drug-likeness (QED) is 0.683. The minimum atomic E-state index is -4.01. The van der Waals surface area contributed by atoms with Crippen molar-refractivity contribution in [3.63, 3.8) is 0 Å². The minimum Gasteiger partial charge on any atom is -0.316 e. The Balaban J connectivity index is 1.59. The number of hydrogen-bond acceptors (Lipinski definition) is 1. The van der Waals surface area contributed by atoms with Crippen molar-refractivity contribution in [3.8, 4) is 0 Å². The van der Waals surface area contributed by atoms with Crippen LogP contribution in [-0.4, -0.2) is 19.3 Å². The summed E-state index contributed by atoms with van der Waals surface area (Å²) in [5.74, 6) is 0.820. The largest absolute Gasteiger partial charge is 0.390 e. The first-order valence-electron chi connectivity index (χ1n) is 5.29. The van der Waals surface area contributed by atoms with Crippen molar-refractivity contribution < 1.29 is 13.2 Å². The van der Waals surface area contributed by atoms with Gasteiger partial charge < -0.3 is 5.32 Å². The van der Waals surface area contributed by atoms with Crippen molar-refractivity contribution >= 4 is 0 Å². The van der Waals surface area contributed by atoms with Crippen molar-refractivity contribution in [3.05, 3.63) is 0 Å². The zero-order chi connectivity index (χ0) is 10.2. The van der Waals surface area contributed by atoms with Crippen LogP contribution in [-0.2, 0) is 0 Å². The van der Waals surface area contributed by atoms with Crippen molar-refractivity contribution in [2.45, 2.75) is 38.3 Å². The predicted molar refractivity (Wildman–Crippen MR) is 47.9 cm³/mol. The number of halogens is 3. The smallest absolute Gasteiger partial charge is 0.316 e. The average Bonchev–Trinajstić information content (AvgIpc) is 2.87. The fraction of sp³-hybridized carbons (Fsp3) is 1.00. The molecule has 2 aliphatic rings. The van der Waals surface area contributed by atoms with Gasteiger partial charge in [-0.25, -0.2) is 0 Å². The topological polar surface area (TPSA) is 12.0 Å². The highest BCUT2D eigenvalue weighted by atomic mass is 19.4. The van der Waals surface area contributed by atoms with Crippen LogP contribution in [0.4, 0.5) is 13.2 Å². The lowest BCUT2D eigenvalue weighted by Gasteiger charge is -2.15. The number of nitrogens with one attached hydrogen (secondary N) is 1. The van der Waals surface area contributed by atoms with Crippen LogP contribution in [0, 0.1) is 11.3 Å². The maximum absolute atomic E-state index is 11.8. The zero-order valence-electron chi connectivity index (χ0n) is 8.16. The lowest BCUT2D eigenvalue weighted by atomic mass is 10.0. The van der Waals surface area contributed by atoms with E-state index in [2.05, 4.69) is 5.32 Å². The molecule has 0 atom stereocenters. The standard InChI is InChI=1S/C10H16F3N/c11-10(12,13)5-6-14-7-9(3-4-9)8-1-2-8/h8,14H,1-7H2. The molecule has 0 aliphatic heterocycles. The molecule has 4 heteroatoms. The molecule has 0 heterocycles. The summed E-state index contributed by atoms with van der Waals surface area (Å²) < 4.78 is 35.5. The molecule has 0 bridgehead atoms. The van der Waals surface area contributed by atoms with Gasteiger partial charge in [-0.05, 0) is 37.0 Å². The molecule has 2 fully saturated rings. The van der Waals surface area contributed by atoms with Gasteiger partial charge in [0, 0.05) is 13.1 Å². The highest BCUT2D eigenvalue weighted by molar-refractivity contribution is 5.04. The van der Waals surface area contributed by atoms with Gasteiger partial charge in [-0.3, -0.25) is 0 Å². The number of alkyl halides is 3. The van der Waals surface area contributed by atoms with E-state index in [9.17, 15) is 13.2 Å². The third kappa shape index (κ3) is 2.62. The highest BCUT2D eigenvalue weighted by Crippen LogP contribution is 2.60. The fourth-order valence-electron chi connectivity index (χ4n) is 2.15. The zero-order valence-corrected chi connectivity index (χ0v) is 8.16. The molecule has 0 aromatic rings. The van der Waals surface area contributed by atoms with E-state index in [0.29, 0.717) is 5.41 Å². The lowest BCUT2D eigenvalue weighted by Crippen LogP contribution is -2.28. The SMILES string of the molecule is FC(F)(F)CCNCC1(C2CC2)CC1. The Morgan fingerprint density at radius 1 is 1.21 bits per heavy atom. The molecule has 0 amide bonds. The van der Waals surface area contributed by atoms with Crippen LogP contribution in [0.25, 0.3) is 0 Å². The van der Waals surface area contributed by atoms with Crippen molar-refractivity contribution in [2.24, 2.45) is 11.3 Å². The highest BCUT2D eigenvalue weighted by Gasteiger charge is 2.53. The Morgan fingerprint density at radius 2 is 1.86 bits per heavy atom. The predicted octanol–water partition coefficient (Wildman–Crippen LogP) is 2.72. The molecule has 0 saturated heterocycles. The Hall–Kier alpha value is -0.250. The van der Waals surface area contributed by atoms with E-state index in [1.165, 1.54) is 25.7 Å². The molecule has 0 unspecified atom stereocenters. The van der Waals surface area contributed by atoms with Crippen LogP contribution in [0.15, 0.2) is 0 Å². The Kier molecular flexibility index (Phi) is 2.50. The minimum absolute atomic E-state index is 0.0813. The van der Waals surface area contributed by atoms with Gasteiger partial charge in [0.05, 0.1) is 6.42 Å². The van der Waals surface area contributed by atoms with E-state index in [4.69, 9.17) is 0 Å². The summed E-state index contributed by atoms with van der Waals surface area (Å²) in [4.78, 5) is 0. The van der Waals surface area contributed by atoms with Gasteiger partial charge >= 0.3 is 6.18 Å². The molecule has 1 N–H and O–H groups in total. The van der Waals surface area contributed by atoms with E-state index in [1.807, 2.05) is 0 Å². The van der Waals surface area contributed by atoms with Gasteiger partial charge in [-0.15, -0.1) is 0 Å².